The maximum atomic E-state index is 12.4. The monoisotopic (exact) mass is 403 g/mol. The van der Waals surface area contributed by atoms with E-state index in [9.17, 15) is 13.2 Å². The number of carbonyl (C=O) groups excluding carboxylic acids is 1. The van der Waals surface area contributed by atoms with E-state index in [4.69, 9.17) is 0 Å². The zero-order valence-electron chi connectivity index (χ0n) is 15.6. The number of halogens is 1. The van der Waals surface area contributed by atoms with Crippen molar-refractivity contribution >= 4 is 34.0 Å². The molecule has 6 nitrogen and oxygen atoms in total. The Bertz CT molecular complexity index is 691. The van der Waals surface area contributed by atoms with Gasteiger partial charge in [0.2, 0.25) is 15.9 Å². The van der Waals surface area contributed by atoms with Crippen LogP contribution in [0.25, 0.3) is 0 Å². The van der Waals surface area contributed by atoms with Crippen LogP contribution >= 0.6 is 12.4 Å². The number of sulfonamides is 1. The minimum absolute atomic E-state index is 0. The van der Waals surface area contributed by atoms with Gasteiger partial charge >= 0.3 is 0 Å². The molecule has 1 aliphatic rings. The van der Waals surface area contributed by atoms with Crippen molar-refractivity contribution in [2.75, 3.05) is 24.1 Å². The summed E-state index contributed by atoms with van der Waals surface area (Å²) in [6.45, 7) is 6.04. The lowest BCUT2D eigenvalue weighted by atomic mass is 9.85. The van der Waals surface area contributed by atoms with Crippen molar-refractivity contribution in [1.29, 1.82) is 0 Å². The third-order valence-electron chi connectivity index (χ3n) is 4.75. The Morgan fingerprint density at radius 2 is 2.00 bits per heavy atom. The number of nitrogens with one attached hydrogen (secondary N) is 3. The van der Waals surface area contributed by atoms with Crippen LogP contribution in [0, 0.1) is 11.8 Å². The number of piperidine rings is 1. The van der Waals surface area contributed by atoms with Crippen molar-refractivity contribution < 1.29 is 13.2 Å². The highest BCUT2D eigenvalue weighted by Crippen LogP contribution is 2.25. The molecule has 1 heterocycles. The van der Waals surface area contributed by atoms with Crippen LogP contribution in [-0.2, 0) is 14.8 Å². The van der Waals surface area contributed by atoms with Gasteiger partial charge < -0.3 is 10.6 Å². The van der Waals surface area contributed by atoms with Crippen LogP contribution in [0.3, 0.4) is 0 Å². The van der Waals surface area contributed by atoms with Gasteiger partial charge in [-0.1, -0.05) is 25.1 Å². The van der Waals surface area contributed by atoms with Gasteiger partial charge in [0.05, 0.1) is 18.0 Å². The molecule has 3 N–H and O–H groups in total. The van der Waals surface area contributed by atoms with Crippen LogP contribution in [0.15, 0.2) is 24.3 Å². The third kappa shape index (κ3) is 7.13. The normalized spacial score (nSPS) is 19.7. The molecule has 0 bridgehead atoms. The summed E-state index contributed by atoms with van der Waals surface area (Å²) >= 11 is 0. The van der Waals surface area contributed by atoms with E-state index in [1.165, 1.54) is 0 Å². The average molecular weight is 404 g/mol. The second kappa shape index (κ2) is 10.1. The molecule has 1 aromatic rings. The summed E-state index contributed by atoms with van der Waals surface area (Å²) in [5, 5.41) is 6.39. The highest BCUT2D eigenvalue weighted by Gasteiger charge is 2.23. The number of benzene rings is 1. The predicted octanol–water partition coefficient (Wildman–Crippen LogP) is 2.68. The first-order valence-electron chi connectivity index (χ1n) is 8.83. The summed E-state index contributed by atoms with van der Waals surface area (Å²) in [7, 11) is -3.36. The molecule has 148 valence electrons. The van der Waals surface area contributed by atoms with E-state index in [1.54, 1.807) is 12.1 Å². The first kappa shape index (κ1) is 22.7. The van der Waals surface area contributed by atoms with Gasteiger partial charge in [-0.2, -0.15) is 0 Å². The number of hydrogen-bond acceptors (Lipinski definition) is 4. The lowest BCUT2D eigenvalue weighted by Gasteiger charge is -2.28. The molecule has 3 unspecified atom stereocenters. The summed E-state index contributed by atoms with van der Waals surface area (Å²) in [4.78, 5) is 12.4. The zero-order valence-corrected chi connectivity index (χ0v) is 17.3. The van der Waals surface area contributed by atoms with Crippen LogP contribution in [0.1, 0.15) is 44.7 Å². The molecule has 26 heavy (non-hydrogen) atoms. The van der Waals surface area contributed by atoms with Crippen molar-refractivity contribution in [3.05, 3.63) is 29.8 Å². The molecule has 2 rings (SSSR count). The number of rotatable bonds is 7. The number of hydrogen-bond donors (Lipinski definition) is 3. The van der Waals surface area contributed by atoms with Crippen LogP contribution in [0.5, 0.6) is 0 Å². The molecule has 1 amide bonds. The van der Waals surface area contributed by atoms with Crippen molar-refractivity contribution in [3.8, 4) is 0 Å². The fourth-order valence-electron chi connectivity index (χ4n) is 3.37. The molecule has 0 saturated carbocycles. The highest BCUT2D eigenvalue weighted by atomic mass is 35.5. The van der Waals surface area contributed by atoms with E-state index in [0.29, 0.717) is 23.9 Å². The Labute approximate surface area is 163 Å². The van der Waals surface area contributed by atoms with Crippen LogP contribution in [0.4, 0.5) is 5.69 Å². The van der Waals surface area contributed by atoms with Crippen LogP contribution < -0.4 is 15.4 Å². The average Bonchev–Trinajstić information content (AvgIpc) is 2.54. The molecular weight excluding hydrogens is 374 g/mol. The molecular formula is C18H30ClN3O3S. The Morgan fingerprint density at radius 3 is 2.62 bits per heavy atom. The predicted molar refractivity (Wildman–Crippen MR) is 108 cm³/mol. The van der Waals surface area contributed by atoms with E-state index in [-0.39, 0.29) is 24.4 Å². The molecule has 0 aromatic heterocycles. The topological polar surface area (TPSA) is 87.3 Å². The fourth-order valence-corrected chi connectivity index (χ4v) is 3.95. The second-order valence-corrected chi connectivity index (χ2v) is 8.79. The van der Waals surface area contributed by atoms with Crippen molar-refractivity contribution in [1.82, 2.24) is 10.6 Å². The Kier molecular flexibility index (Phi) is 8.86. The first-order valence-corrected chi connectivity index (χ1v) is 10.7. The van der Waals surface area contributed by atoms with Gasteiger partial charge in [-0.3, -0.25) is 9.52 Å². The highest BCUT2D eigenvalue weighted by molar-refractivity contribution is 7.92. The summed E-state index contributed by atoms with van der Waals surface area (Å²) in [6, 6.07) is 6.86. The summed E-state index contributed by atoms with van der Waals surface area (Å²) in [5.74, 6) is 0.859. The van der Waals surface area contributed by atoms with E-state index in [1.807, 2.05) is 19.1 Å². The number of carbonyl (C=O) groups is 1. The van der Waals surface area contributed by atoms with E-state index >= 15 is 0 Å². The third-order valence-corrected chi connectivity index (χ3v) is 5.34. The molecule has 3 atom stereocenters. The van der Waals surface area contributed by atoms with Gasteiger partial charge in [0.1, 0.15) is 0 Å². The second-order valence-electron chi connectivity index (χ2n) is 7.04. The number of anilines is 1. The minimum Gasteiger partial charge on any atom is -0.349 e. The standard InChI is InChI=1S/C18H29N3O3S.ClH/c1-13(15-7-6-10-19-12-15)11-18(22)20-14(2)16-8-4-5-9-17(16)21-25(3,23)24;/h4-5,8-9,13-15,19,21H,6-7,10-12H2,1-3H3,(H,20,22);1H. The largest absolute Gasteiger partial charge is 0.349 e. The van der Waals surface area contributed by atoms with Gasteiger partial charge in [0.15, 0.2) is 0 Å². The summed E-state index contributed by atoms with van der Waals surface area (Å²) in [6.07, 6.45) is 3.93. The van der Waals surface area contributed by atoms with Crippen molar-refractivity contribution in [2.24, 2.45) is 11.8 Å². The molecule has 0 spiro atoms. The first-order chi connectivity index (χ1) is 11.8. The fraction of sp³-hybridized carbons (Fsp3) is 0.611. The smallest absolute Gasteiger partial charge is 0.229 e. The molecule has 0 radical (unpaired) electrons. The van der Waals surface area contributed by atoms with Gasteiger partial charge in [-0.15, -0.1) is 12.4 Å². The zero-order chi connectivity index (χ0) is 18.4. The Balaban J connectivity index is 0.00000338. The van der Waals surface area contributed by atoms with Crippen LogP contribution in [0.2, 0.25) is 0 Å². The summed E-state index contributed by atoms with van der Waals surface area (Å²) in [5.41, 5.74) is 1.26. The maximum absolute atomic E-state index is 12.4. The molecule has 1 saturated heterocycles. The van der Waals surface area contributed by atoms with Crippen molar-refractivity contribution in [3.63, 3.8) is 0 Å². The number of amides is 1. The van der Waals surface area contributed by atoms with Crippen molar-refractivity contribution in [2.45, 2.75) is 39.2 Å². The number of para-hydroxylation sites is 1. The lowest BCUT2D eigenvalue weighted by Crippen LogP contribution is -2.36. The van der Waals surface area contributed by atoms with Gasteiger partial charge in [0.25, 0.3) is 0 Å². The molecule has 0 aliphatic carbocycles. The minimum atomic E-state index is -3.36. The van der Waals surface area contributed by atoms with E-state index in [2.05, 4.69) is 22.3 Å². The Hall–Kier alpha value is -1.31. The molecule has 8 heteroatoms. The summed E-state index contributed by atoms with van der Waals surface area (Å²) < 4.78 is 25.5. The van der Waals surface area contributed by atoms with Gasteiger partial charge in [0, 0.05) is 6.42 Å². The van der Waals surface area contributed by atoms with Gasteiger partial charge in [-0.05, 0) is 56.3 Å². The van der Waals surface area contributed by atoms with E-state index < -0.39 is 10.0 Å². The molecule has 1 aromatic carbocycles. The molecule has 1 fully saturated rings. The quantitative estimate of drug-likeness (QED) is 0.653. The lowest BCUT2D eigenvalue weighted by molar-refractivity contribution is -0.123. The maximum Gasteiger partial charge on any atom is 0.229 e. The molecule has 1 aliphatic heterocycles. The van der Waals surface area contributed by atoms with Crippen LogP contribution in [-0.4, -0.2) is 33.7 Å². The van der Waals surface area contributed by atoms with E-state index in [0.717, 1.165) is 37.8 Å². The Morgan fingerprint density at radius 1 is 1.31 bits per heavy atom. The SMILES string of the molecule is CC(NC(=O)CC(C)C1CCCNC1)c1ccccc1NS(C)(=O)=O.Cl. The van der Waals surface area contributed by atoms with Gasteiger partial charge in [-0.25, -0.2) is 8.42 Å².